The molecule has 6 nitrogen and oxygen atoms in total. The third-order valence-electron chi connectivity index (χ3n) is 8.06. The van der Waals surface area contributed by atoms with Crippen molar-refractivity contribution in [3.8, 4) is 33.6 Å². The molecule has 6 rings (SSSR count). The number of nitrogens with one attached hydrogen (secondary N) is 4. The second kappa shape index (κ2) is 10.5. The lowest BCUT2D eigenvalue weighted by molar-refractivity contribution is 0.276. The molecule has 4 N–H and O–H groups in total. The summed E-state index contributed by atoms with van der Waals surface area (Å²) in [5.41, 5.74) is 5.85. The van der Waals surface area contributed by atoms with Crippen LogP contribution in [0.1, 0.15) is 49.9 Å². The zero-order valence-electron chi connectivity index (χ0n) is 22.9. The SMILES string of the molecule is CC(NC[Si](C)(C)C)c1nc(-c2ccc(-c3ccc(-c4nc(C5CC6CCC6N5)[nH]c4Cl)cc3)cc2)c(Cl)[nH]1. The van der Waals surface area contributed by atoms with E-state index in [2.05, 4.69) is 95.7 Å². The van der Waals surface area contributed by atoms with E-state index in [9.17, 15) is 0 Å². The third-order valence-corrected chi connectivity index (χ3v) is 9.87. The van der Waals surface area contributed by atoms with Gasteiger partial charge in [0.15, 0.2) is 0 Å². The Morgan fingerprint density at radius 3 is 1.92 bits per heavy atom. The Kier molecular flexibility index (Phi) is 7.23. The van der Waals surface area contributed by atoms with Gasteiger partial charge in [0.25, 0.3) is 0 Å². The highest BCUT2D eigenvalue weighted by Crippen LogP contribution is 2.42. The predicted octanol–water partition coefficient (Wildman–Crippen LogP) is 7.78. The van der Waals surface area contributed by atoms with Crippen LogP contribution in [0.5, 0.6) is 0 Å². The van der Waals surface area contributed by atoms with Crippen molar-refractivity contribution in [2.45, 2.75) is 64.0 Å². The normalized spacial score (nSPS) is 21.5. The van der Waals surface area contributed by atoms with E-state index in [0.717, 1.165) is 63.8 Å². The first-order chi connectivity index (χ1) is 18.6. The second-order valence-electron chi connectivity index (χ2n) is 12.3. The number of halogens is 2. The van der Waals surface area contributed by atoms with Crippen LogP contribution >= 0.6 is 23.2 Å². The Labute approximate surface area is 241 Å². The number of nitrogens with zero attached hydrogens (tertiary/aromatic N) is 2. The van der Waals surface area contributed by atoms with Gasteiger partial charge >= 0.3 is 0 Å². The van der Waals surface area contributed by atoms with Gasteiger partial charge in [-0.15, -0.1) is 0 Å². The maximum Gasteiger partial charge on any atom is 0.134 e. The molecule has 39 heavy (non-hydrogen) atoms. The molecule has 2 aromatic heterocycles. The minimum Gasteiger partial charge on any atom is -0.331 e. The van der Waals surface area contributed by atoms with Gasteiger partial charge in [-0.1, -0.05) is 91.4 Å². The van der Waals surface area contributed by atoms with Gasteiger partial charge in [0.05, 0.1) is 20.2 Å². The van der Waals surface area contributed by atoms with Crippen LogP contribution in [-0.4, -0.2) is 40.2 Å². The van der Waals surface area contributed by atoms with E-state index < -0.39 is 8.07 Å². The van der Waals surface area contributed by atoms with E-state index in [4.69, 9.17) is 33.2 Å². The quantitative estimate of drug-likeness (QED) is 0.161. The maximum absolute atomic E-state index is 6.58. The fourth-order valence-electron chi connectivity index (χ4n) is 5.58. The zero-order chi connectivity index (χ0) is 27.3. The smallest absolute Gasteiger partial charge is 0.134 e. The highest BCUT2D eigenvalue weighted by Gasteiger charge is 2.41. The van der Waals surface area contributed by atoms with Crippen molar-refractivity contribution < 1.29 is 0 Å². The van der Waals surface area contributed by atoms with Crippen LogP contribution in [0.2, 0.25) is 29.9 Å². The molecule has 2 aliphatic rings. The largest absolute Gasteiger partial charge is 0.331 e. The molecular weight excluding hydrogens is 543 g/mol. The zero-order valence-corrected chi connectivity index (χ0v) is 25.4. The summed E-state index contributed by atoms with van der Waals surface area (Å²) in [7, 11) is -1.20. The van der Waals surface area contributed by atoms with Gasteiger partial charge in [-0.05, 0) is 49.4 Å². The van der Waals surface area contributed by atoms with Crippen LogP contribution in [0, 0.1) is 5.92 Å². The second-order valence-corrected chi connectivity index (χ2v) is 18.5. The summed E-state index contributed by atoms with van der Waals surface area (Å²) in [6.45, 7) is 9.17. The van der Waals surface area contributed by atoms with E-state index in [1.807, 2.05) is 0 Å². The van der Waals surface area contributed by atoms with Crippen LogP contribution < -0.4 is 10.6 Å². The Morgan fingerprint density at radius 1 is 0.846 bits per heavy atom. The molecular formula is C30H36Cl2N6Si. The minimum atomic E-state index is -1.20. The summed E-state index contributed by atoms with van der Waals surface area (Å²) in [6.07, 6.45) is 4.77. The lowest BCUT2D eigenvalue weighted by atomic mass is 9.80. The molecule has 0 bridgehead atoms. The molecule has 3 heterocycles. The van der Waals surface area contributed by atoms with Crippen molar-refractivity contribution in [2.24, 2.45) is 5.92 Å². The van der Waals surface area contributed by atoms with Crippen LogP contribution in [0.15, 0.2) is 48.5 Å². The molecule has 1 aliphatic heterocycles. The van der Waals surface area contributed by atoms with Gasteiger partial charge in [-0.3, -0.25) is 0 Å². The number of hydrogen-bond acceptors (Lipinski definition) is 4. The monoisotopic (exact) mass is 578 g/mol. The number of hydrogen-bond donors (Lipinski definition) is 4. The first kappa shape index (κ1) is 26.8. The molecule has 2 fully saturated rings. The molecule has 9 heteroatoms. The molecule has 1 saturated carbocycles. The minimum absolute atomic E-state index is 0.115. The maximum atomic E-state index is 6.58. The highest BCUT2D eigenvalue weighted by atomic mass is 35.5. The topological polar surface area (TPSA) is 81.4 Å². The molecule has 0 spiro atoms. The van der Waals surface area contributed by atoms with Gasteiger partial charge in [-0.25, -0.2) is 9.97 Å². The van der Waals surface area contributed by atoms with Gasteiger partial charge in [0, 0.05) is 17.2 Å². The first-order valence-electron chi connectivity index (χ1n) is 13.9. The van der Waals surface area contributed by atoms with E-state index >= 15 is 0 Å². The van der Waals surface area contributed by atoms with Crippen LogP contribution in [0.25, 0.3) is 33.6 Å². The summed E-state index contributed by atoms with van der Waals surface area (Å²) in [5, 5.41) is 8.46. The van der Waals surface area contributed by atoms with Gasteiger partial charge in [0.2, 0.25) is 0 Å². The van der Waals surface area contributed by atoms with Gasteiger partial charge < -0.3 is 20.6 Å². The Morgan fingerprint density at radius 2 is 1.41 bits per heavy atom. The Hall–Kier alpha value is -2.42. The molecule has 4 atom stereocenters. The van der Waals surface area contributed by atoms with E-state index in [-0.39, 0.29) is 12.1 Å². The molecule has 1 aliphatic carbocycles. The molecule has 0 amide bonds. The van der Waals surface area contributed by atoms with Crippen molar-refractivity contribution in [3.05, 3.63) is 70.5 Å². The van der Waals surface area contributed by atoms with Crippen LogP contribution in [-0.2, 0) is 0 Å². The standard InChI is InChI=1S/C30H36Cl2N6Si/c1-17(33-16-39(2,3)4)29-35-25(27(31)37-29)20-9-5-18(6-10-20)19-7-11-21(12-8-19)26-28(32)38-30(36-26)24-15-22-13-14-23(22)34-24/h5-12,17,22-24,33-34H,13-16H2,1-4H3,(H,35,37)(H,36,38). The van der Waals surface area contributed by atoms with Gasteiger partial charge in [0.1, 0.15) is 33.3 Å². The Bertz CT molecular complexity index is 1440. The Balaban J connectivity index is 1.15. The van der Waals surface area contributed by atoms with Gasteiger partial charge in [-0.2, -0.15) is 0 Å². The summed E-state index contributed by atoms with van der Waals surface area (Å²) in [5.74, 6) is 2.61. The van der Waals surface area contributed by atoms with Crippen molar-refractivity contribution in [3.63, 3.8) is 0 Å². The molecule has 204 valence electrons. The lowest BCUT2D eigenvalue weighted by Crippen LogP contribution is -2.38. The van der Waals surface area contributed by atoms with Crippen molar-refractivity contribution >= 4 is 31.3 Å². The summed E-state index contributed by atoms with van der Waals surface area (Å²) in [6, 6.07) is 17.8. The number of benzene rings is 2. The third kappa shape index (κ3) is 5.61. The lowest BCUT2D eigenvalue weighted by Gasteiger charge is -2.29. The van der Waals surface area contributed by atoms with Crippen molar-refractivity contribution in [1.29, 1.82) is 0 Å². The average molecular weight is 580 g/mol. The van der Waals surface area contributed by atoms with E-state index in [1.165, 1.54) is 12.8 Å². The molecule has 1 saturated heterocycles. The molecule has 0 radical (unpaired) electrons. The summed E-state index contributed by atoms with van der Waals surface area (Å²) < 4.78 is 0. The summed E-state index contributed by atoms with van der Waals surface area (Å²) >= 11 is 13.1. The number of H-pyrrole nitrogens is 2. The number of aromatic nitrogens is 4. The number of rotatable bonds is 8. The van der Waals surface area contributed by atoms with Crippen molar-refractivity contribution in [2.75, 3.05) is 6.17 Å². The number of aromatic amines is 2. The van der Waals surface area contributed by atoms with Crippen LogP contribution in [0.3, 0.4) is 0 Å². The van der Waals surface area contributed by atoms with E-state index in [1.54, 1.807) is 0 Å². The molecule has 2 aromatic carbocycles. The average Bonchev–Trinajstić information content (AvgIpc) is 3.57. The van der Waals surface area contributed by atoms with Crippen LogP contribution in [0.4, 0.5) is 0 Å². The number of fused-ring (bicyclic) bond motifs is 1. The molecule has 4 unspecified atom stereocenters. The molecule has 4 aromatic rings. The fraction of sp³-hybridized carbons (Fsp3) is 0.400. The summed E-state index contributed by atoms with van der Waals surface area (Å²) in [4.78, 5) is 16.3. The number of imidazole rings is 2. The first-order valence-corrected chi connectivity index (χ1v) is 18.3. The van der Waals surface area contributed by atoms with E-state index in [0.29, 0.717) is 16.3 Å². The highest BCUT2D eigenvalue weighted by molar-refractivity contribution is 6.76. The van der Waals surface area contributed by atoms with Crippen molar-refractivity contribution in [1.82, 2.24) is 30.6 Å². The predicted molar refractivity (Wildman–Crippen MR) is 164 cm³/mol. The fourth-order valence-corrected chi connectivity index (χ4v) is 6.99.